The first-order valence-corrected chi connectivity index (χ1v) is 6.00. The molecule has 0 aromatic heterocycles. The zero-order valence-corrected chi connectivity index (χ0v) is 10.4. The van der Waals surface area contributed by atoms with Gasteiger partial charge in [-0.25, -0.2) is 0 Å². The lowest BCUT2D eigenvalue weighted by Gasteiger charge is -2.56. The van der Waals surface area contributed by atoms with E-state index in [0.29, 0.717) is 17.6 Å². The molecule has 0 spiro atoms. The van der Waals surface area contributed by atoms with Crippen molar-refractivity contribution in [1.82, 2.24) is 0 Å². The summed E-state index contributed by atoms with van der Waals surface area (Å²) < 4.78 is 0. The molecule has 3 rings (SSSR count). The van der Waals surface area contributed by atoms with Crippen molar-refractivity contribution in [2.75, 3.05) is 0 Å². The van der Waals surface area contributed by atoms with E-state index in [-0.39, 0.29) is 10.8 Å². The largest absolute Gasteiger partial charge is 0.298 e. The van der Waals surface area contributed by atoms with Crippen molar-refractivity contribution in [3.63, 3.8) is 0 Å². The van der Waals surface area contributed by atoms with Gasteiger partial charge in [-0.2, -0.15) is 0 Å². The molecule has 0 saturated heterocycles. The lowest BCUT2D eigenvalue weighted by atomic mass is 9.46. The van der Waals surface area contributed by atoms with Gasteiger partial charge in [0.2, 0.25) is 0 Å². The average Bonchev–Trinajstić information content (AvgIpc) is 2.14. The second kappa shape index (κ2) is 2.96. The van der Waals surface area contributed by atoms with E-state index in [1.807, 2.05) is 0 Å². The third kappa shape index (κ3) is 1.25. The van der Waals surface area contributed by atoms with Crippen molar-refractivity contribution in [1.29, 1.82) is 0 Å². The van der Waals surface area contributed by atoms with Gasteiger partial charge in [-0.1, -0.05) is 32.9 Å². The molecule has 3 fully saturated rings. The molecule has 1 nitrogen and oxygen atoms in total. The van der Waals surface area contributed by atoms with Gasteiger partial charge in [0.25, 0.3) is 0 Å². The van der Waals surface area contributed by atoms with Gasteiger partial charge in [0.15, 0.2) is 0 Å². The SMILES string of the molecule is C=C(C)[C@@H]1C[C@H]2CC[C@]1(C)C(=O)C2(C)C. The zero-order chi connectivity index (χ0) is 11.4. The van der Waals surface area contributed by atoms with Crippen molar-refractivity contribution in [2.24, 2.45) is 22.7 Å². The van der Waals surface area contributed by atoms with E-state index in [1.165, 1.54) is 18.4 Å². The zero-order valence-electron chi connectivity index (χ0n) is 10.4. The molecule has 3 aliphatic carbocycles. The van der Waals surface area contributed by atoms with Crippen LogP contribution in [0.1, 0.15) is 47.0 Å². The average molecular weight is 206 g/mol. The number of hydrogen-bond acceptors (Lipinski definition) is 1. The number of carbonyl (C=O) groups excluding carboxylic acids is 1. The molecule has 0 aromatic carbocycles. The number of rotatable bonds is 1. The Morgan fingerprint density at radius 2 is 2.00 bits per heavy atom. The molecule has 0 aromatic rings. The van der Waals surface area contributed by atoms with Gasteiger partial charge in [-0.15, -0.1) is 0 Å². The summed E-state index contributed by atoms with van der Waals surface area (Å²) in [7, 11) is 0. The Kier molecular flexibility index (Phi) is 2.15. The third-order valence-corrected chi connectivity index (χ3v) is 5.02. The summed E-state index contributed by atoms with van der Waals surface area (Å²) in [6, 6.07) is 0. The van der Waals surface area contributed by atoms with Crippen LogP contribution in [0.15, 0.2) is 12.2 Å². The summed E-state index contributed by atoms with van der Waals surface area (Å²) in [5.74, 6) is 1.48. The number of carbonyl (C=O) groups is 1. The van der Waals surface area contributed by atoms with Crippen LogP contribution in [0.25, 0.3) is 0 Å². The van der Waals surface area contributed by atoms with Gasteiger partial charge in [0.05, 0.1) is 0 Å². The summed E-state index contributed by atoms with van der Waals surface area (Å²) in [5.41, 5.74) is 0.981. The predicted octanol–water partition coefficient (Wildman–Crippen LogP) is 3.59. The van der Waals surface area contributed by atoms with E-state index in [4.69, 9.17) is 0 Å². The number of allylic oxidation sites excluding steroid dienone is 1. The van der Waals surface area contributed by atoms with Gasteiger partial charge in [0, 0.05) is 10.8 Å². The summed E-state index contributed by atoms with van der Waals surface area (Å²) in [5, 5.41) is 0. The minimum absolute atomic E-state index is 0.0983. The fourth-order valence-corrected chi connectivity index (χ4v) is 3.90. The maximum atomic E-state index is 12.5. The Morgan fingerprint density at radius 1 is 1.40 bits per heavy atom. The highest BCUT2D eigenvalue weighted by Crippen LogP contribution is 2.60. The van der Waals surface area contributed by atoms with Gasteiger partial charge < -0.3 is 0 Å². The van der Waals surface area contributed by atoms with Crippen LogP contribution in [0, 0.1) is 22.7 Å². The van der Waals surface area contributed by atoms with Gasteiger partial charge in [-0.05, 0) is 38.0 Å². The topological polar surface area (TPSA) is 17.1 Å². The number of fused-ring (bicyclic) bond motifs is 3. The summed E-state index contributed by atoms with van der Waals surface area (Å²) >= 11 is 0. The molecule has 0 amide bonds. The molecule has 0 unspecified atom stereocenters. The molecule has 0 heterocycles. The van der Waals surface area contributed by atoms with Crippen molar-refractivity contribution in [3.8, 4) is 0 Å². The van der Waals surface area contributed by atoms with Crippen molar-refractivity contribution in [2.45, 2.75) is 47.0 Å². The summed E-state index contributed by atoms with van der Waals surface area (Å²) in [6.07, 6.45) is 3.46. The van der Waals surface area contributed by atoms with Crippen LogP contribution in [0.5, 0.6) is 0 Å². The number of Topliss-reactive ketones (excluding diaryl/α,β-unsaturated/α-hetero) is 1. The predicted molar refractivity (Wildman–Crippen MR) is 62.5 cm³/mol. The van der Waals surface area contributed by atoms with Crippen LogP contribution in [-0.2, 0) is 4.79 Å². The second-order valence-corrected chi connectivity index (χ2v) is 6.34. The molecule has 15 heavy (non-hydrogen) atoms. The molecule has 2 bridgehead atoms. The highest BCUT2D eigenvalue weighted by molar-refractivity contribution is 5.92. The maximum Gasteiger partial charge on any atom is 0.145 e. The van der Waals surface area contributed by atoms with Gasteiger partial charge in [-0.3, -0.25) is 4.79 Å². The number of hydrogen-bond donors (Lipinski definition) is 0. The Morgan fingerprint density at radius 3 is 2.53 bits per heavy atom. The fourth-order valence-electron chi connectivity index (χ4n) is 3.90. The highest BCUT2D eigenvalue weighted by atomic mass is 16.1. The molecule has 84 valence electrons. The second-order valence-electron chi connectivity index (χ2n) is 6.34. The number of ketones is 1. The molecule has 3 atom stereocenters. The first-order valence-electron chi connectivity index (χ1n) is 6.00. The molecular weight excluding hydrogens is 184 g/mol. The van der Waals surface area contributed by atoms with Crippen LogP contribution in [-0.4, -0.2) is 5.78 Å². The lowest BCUT2D eigenvalue weighted by Crippen LogP contribution is -2.57. The minimum Gasteiger partial charge on any atom is -0.298 e. The normalized spacial score (nSPS) is 43.1. The van der Waals surface area contributed by atoms with Crippen LogP contribution in [0.4, 0.5) is 0 Å². The molecule has 1 heteroatoms. The third-order valence-electron chi connectivity index (χ3n) is 5.02. The van der Waals surface area contributed by atoms with Crippen LogP contribution in [0.2, 0.25) is 0 Å². The standard InChI is InChI=1S/C14H22O/c1-9(2)11-8-10-6-7-14(11,5)12(15)13(10,3)4/h10-11H,1,6-8H2,2-5H3/t10-,11+,14+/m1/s1. The highest BCUT2D eigenvalue weighted by Gasteiger charge is 2.58. The smallest absolute Gasteiger partial charge is 0.145 e. The molecule has 3 saturated carbocycles. The van der Waals surface area contributed by atoms with Gasteiger partial charge in [0.1, 0.15) is 5.78 Å². The van der Waals surface area contributed by atoms with E-state index in [0.717, 1.165) is 6.42 Å². The van der Waals surface area contributed by atoms with Crippen molar-refractivity contribution >= 4 is 5.78 Å². The van der Waals surface area contributed by atoms with Crippen LogP contribution < -0.4 is 0 Å². The van der Waals surface area contributed by atoms with E-state index >= 15 is 0 Å². The first kappa shape index (κ1) is 10.9. The van der Waals surface area contributed by atoms with Crippen LogP contribution >= 0.6 is 0 Å². The van der Waals surface area contributed by atoms with E-state index in [9.17, 15) is 4.79 Å². The molecule has 0 N–H and O–H groups in total. The molecular formula is C14H22O. The fraction of sp³-hybridized carbons (Fsp3) is 0.786. The molecule has 0 aliphatic heterocycles. The maximum absolute atomic E-state index is 12.5. The Hall–Kier alpha value is -0.590. The Bertz CT molecular complexity index is 326. The first-order chi connectivity index (χ1) is 6.80. The lowest BCUT2D eigenvalue weighted by molar-refractivity contribution is -0.158. The van der Waals surface area contributed by atoms with Crippen LogP contribution in [0.3, 0.4) is 0 Å². The Balaban J connectivity index is 2.43. The van der Waals surface area contributed by atoms with E-state index in [1.54, 1.807) is 0 Å². The van der Waals surface area contributed by atoms with Crippen molar-refractivity contribution < 1.29 is 4.79 Å². The van der Waals surface area contributed by atoms with Crippen molar-refractivity contribution in [3.05, 3.63) is 12.2 Å². The van der Waals surface area contributed by atoms with Gasteiger partial charge >= 0.3 is 0 Å². The van der Waals surface area contributed by atoms with E-state index < -0.39 is 0 Å². The molecule has 0 radical (unpaired) electrons. The minimum atomic E-state index is -0.121. The monoisotopic (exact) mass is 206 g/mol. The quantitative estimate of drug-likeness (QED) is 0.599. The summed E-state index contributed by atoms with van der Waals surface area (Å²) in [4.78, 5) is 12.5. The van der Waals surface area contributed by atoms with E-state index in [2.05, 4.69) is 34.3 Å². The Labute approximate surface area is 92.9 Å². The molecule has 3 aliphatic rings. The summed E-state index contributed by atoms with van der Waals surface area (Å²) in [6.45, 7) is 12.6.